The van der Waals surface area contributed by atoms with Crippen LogP contribution in [0.5, 0.6) is 0 Å². The molecule has 0 aliphatic heterocycles. The molecule has 0 saturated heterocycles. The van der Waals surface area contributed by atoms with Gasteiger partial charge in [0, 0.05) is 42.8 Å². The Labute approximate surface area is 192 Å². The van der Waals surface area contributed by atoms with E-state index >= 15 is 0 Å². The number of carbonyl (C=O) groups is 3. The number of hydrogen-bond acceptors (Lipinski definition) is 5. The molecule has 3 aromatic rings. The van der Waals surface area contributed by atoms with Gasteiger partial charge >= 0.3 is 5.97 Å². The molecule has 1 atom stereocenters. The zero-order chi connectivity index (χ0) is 24.0. The minimum Gasteiger partial charge on any atom is -0.468 e. The number of amides is 1. The normalized spacial score (nSPS) is 11.5. The Morgan fingerprint density at radius 1 is 0.970 bits per heavy atom. The summed E-state index contributed by atoms with van der Waals surface area (Å²) in [5.74, 6) is -1.24. The number of nitrogens with one attached hydrogen (secondary N) is 1. The summed E-state index contributed by atoms with van der Waals surface area (Å²) in [5, 5.41) is 2.51. The van der Waals surface area contributed by atoms with Gasteiger partial charge in [-0.25, -0.2) is 0 Å². The zero-order valence-electron chi connectivity index (χ0n) is 18.8. The number of carbonyl (C=O) groups excluding carboxylic acids is 3. The Hall–Kier alpha value is -4.00. The van der Waals surface area contributed by atoms with Crippen molar-refractivity contribution in [2.24, 2.45) is 7.05 Å². The van der Waals surface area contributed by atoms with Crippen LogP contribution in [0.1, 0.15) is 49.7 Å². The average molecular weight is 447 g/mol. The van der Waals surface area contributed by atoms with Crippen molar-refractivity contribution >= 4 is 17.7 Å². The Balaban J connectivity index is 1.88. The molecule has 1 aromatic heterocycles. The summed E-state index contributed by atoms with van der Waals surface area (Å²) < 4.78 is 5.92. The molecule has 170 valence electrons. The highest BCUT2D eigenvalue weighted by molar-refractivity contribution is 5.97. The van der Waals surface area contributed by atoms with Gasteiger partial charge in [0.2, 0.25) is 5.56 Å². The summed E-state index contributed by atoms with van der Waals surface area (Å²) in [6.45, 7) is 1.78. The van der Waals surface area contributed by atoms with E-state index in [0.717, 1.165) is 16.7 Å². The van der Waals surface area contributed by atoms with Crippen LogP contribution >= 0.6 is 0 Å². The molecule has 3 rings (SSSR count). The van der Waals surface area contributed by atoms with Gasteiger partial charge < -0.3 is 14.6 Å². The van der Waals surface area contributed by atoms with E-state index in [4.69, 9.17) is 0 Å². The summed E-state index contributed by atoms with van der Waals surface area (Å²) in [7, 11) is 2.87. The highest BCUT2D eigenvalue weighted by Gasteiger charge is 2.21. The molecule has 0 aliphatic carbocycles. The van der Waals surface area contributed by atoms with Crippen LogP contribution in [0.3, 0.4) is 0 Å². The maximum absolute atomic E-state index is 13.1. The van der Waals surface area contributed by atoms with Gasteiger partial charge in [-0.05, 0) is 41.8 Å². The molecule has 1 N–H and O–H groups in total. The number of nitrogens with zero attached hydrogens (tertiary/aromatic N) is 1. The van der Waals surface area contributed by atoms with Crippen molar-refractivity contribution < 1.29 is 19.1 Å². The van der Waals surface area contributed by atoms with Crippen molar-refractivity contribution in [1.29, 1.82) is 0 Å². The van der Waals surface area contributed by atoms with Crippen LogP contribution in [0.15, 0.2) is 71.7 Å². The SMILES string of the molecule is COC(=O)CNC(=O)c1ccc(C(CC(=O)c2ccc(=O)n(C)c2)c2ccccc2C)cc1. The minimum atomic E-state index is -0.531. The molecule has 1 amide bonds. The van der Waals surface area contributed by atoms with Crippen molar-refractivity contribution in [2.45, 2.75) is 19.3 Å². The smallest absolute Gasteiger partial charge is 0.325 e. The van der Waals surface area contributed by atoms with E-state index in [2.05, 4.69) is 10.1 Å². The zero-order valence-corrected chi connectivity index (χ0v) is 18.8. The highest BCUT2D eigenvalue weighted by atomic mass is 16.5. The molecule has 0 fully saturated rings. The van der Waals surface area contributed by atoms with Crippen LogP contribution < -0.4 is 10.9 Å². The van der Waals surface area contributed by atoms with Gasteiger partial charge in [0.05, 0.1) is 7.11 Å². The number of pyridine rings is 1. The third-order valence-electron chi connectivity index (χ3n) is 5.56. The van der Waals surface area contributed by atoms with E-state index in [-0.39, 0.29) is 36.1 Å². The predicted molar refractivity (Wildman–Crippen MR) is 124 cm³/mol. The van der Waals surface area contributed by atoms with Crippen molar-refractivity contribution in [3.8, 4) is 0 Å². The van der Waals surface area contributed by atoms with Crippen LogP contribution in [0.25, 0.3) is 0 Å². The number of aromatic nitrogens is 1. The molecular formula is C26H26N2O5. The second-order valence-corrected chi connectivity index (χ2v) is 7.78. The standard InChI is InChI=1S/C26H26N2O5/c1-17-6-4-5-7-21(17)22(14-23(29)20-12-13-24(30)28(2)16-20)18-8-10-19(11-9-18)26(32)27-15-25(31)33-3/h4-13,16,22H,14-15H2,1-3H3,(H,27,32). The molecule has 0 radical (unpaired) electrons. The second-order valence-electron chi connectivity index (χ2n) is 7.78. The van der Waals surface area contributed by atoms with E-state index in [1.807, 2.05) is 43.3 Å². The maximum atomic E-state index is 13.1. The van der Waals surface area contributed by atoms with Gasteiger partial charge in [-0.2, -0.15) is 0 Å². The molecule has 33 heavy (non-hydrogen) atoms. The molecule has 2 aromatic carbocycles. The number of ketones is 1. The largest absolute Gasteiger partial charge is 0.468 e. The number of Topliss-reactive ketones (excluding diaryl/α,β-unsaturated/α-hetero) is 1. The van der Waals surface area contributed by atoms with E-state index in [1.165, 1.54) is 17.7 Å². The number of benzene rings is 2. The fourth-order valence-corrected chi connectivity index (χ4v) is 3.64. The monoisotopic (exact) mass is 446 g/mol. The Bertz CT molecular complexity index is 1230. The lowest BCUT2D eigenvalue weighted by atomic mass is 9.83. The molecule has 1 heterocycles. The van der Waals surface area contributed by atoms with Crippen molar-refractivity contribution in [2.75, 3.05) is 13.7 Å². The van der Waals surface area contributed by atoms with Gasteiger partial charge in [0.1, 0.15) is 6.54 Å². The predicted octanol–water partition coefficient (Wildman–Crippen LogP) is 3.00. The maximum Gasteiger partial charge on any atom is 0.325 e. The van der Waals surface area contributed by atoms with Crippen LogP contribution in [-0.4, -0.2) is 35.9 Å². The summed E-state index contributed by atoms with van der Waals surface area (Å²) in [5.41, 5.74) is 3.63. The second kappa shape index (κ2) is 10.5. The quantitative estimate of drug-likeness (QED) is 0.424. The molecule has 7 heteroatoms. The molecule has 7 nitrogen and oxygen atoms in total. The van der Waals surface area contributed by atoms with Crippen LogP contribution in [-0.2, 0) is 16.6 Å². The number of ether oxygens (including phenoxy) is 1. The first kappa shape index (κ1) is 23.7. The Morgan fingerprint density at radius 2 is 1.64 bits per heavy atom. The van der Waals surface area contributed by atoms with Gasteiger partial charge in [0.15, 0.2) is 5.78 Å². The summed E-state index contributed by atoms with van der Waals surface area (Å²) >= 11 is 0. The van der Waals surface area contributed by atoms with E-state index in [9.17, 15) is 19.2 Å². The van der Waals surface area contributed by atoms with Gasteiger partial charge in [-0.15, -0.1) is 0 Å². The molecule has 0 saturated carbocycles. The number of hydrogen-bond donors (Lipinski definition) is 1. The fourth-order valence-electron chi connectivity index (χ4n) is 3.64. The number of methoxy groups -OCH3 is 1. The summed E-state index contributed by atoms with van der Waals surface area (Å²) in [4.78, 5) is 48.3. The molecule has 0 spiro atoms. The van der Waals surface area contributed by atoms with Crippen LogP contribution in [0, 0.1) is 6.92 Å². The van der Waals surface area contributed by atoms with Crippen molar-refractivity contribution in [3.63, 3.8) is 0 Å². The van der Waals surface area contributed by atoms with Crippen molar-refractivity contribution in [1.82, 2.24) is 9.88 Å². The summed E-state index contributed by atoms with van der Waals surface area (Å²) in [6, 6.07) is 17.8. The molecule has 0 aliphatic rings. The Kier molecular flexibility index (Phi) is 7.56. The number of esters is 1. The average Bonchev–Trinajstić information content (AvgIpc) is 2.83. The van der Waals surface area contributed by atoms with Gasteiger partial charge in [-0.3, -0.25) is 19.2 Å². The van der Waals surface area contributed by atoms with Crippen LogP contribution in [0.2, 0.25) is 0 Å². The highest BCUT2D eigenvalue weighted by Crippen LogP contribution is 2.31. The van der Waals surface area contributed by atoms with Crippen LogP contribution in [0.4, 0.5) is 0 Å². The minimum absolute atomic E-state index is 0.0845. The van der Waals surface area contributed by atoms with Crippen molar-refractivity contribution in [3.05, 3.63) is 105 Å². The topological polar surface area (TPSA) is 94.5 Å². The molecule has 1 unspecified atom stereocenters. The van der Waals surface area contributed by atoms with E-state index in [0.29, 0.717) is 11.1 Å². The Morgan fingerprint density at radius 3 is 2.27 bits per heavy atom. The summed E-state index contributed by atoms with van der Waals surface area (Å²) in [6.07, 6.45) is 1.76. The lowest BCUT2D eigenvalue weighted by molar-refractivity contribution is -0.139. The third-order valence-corrected chi connectivity index (χ3v) is 5.56. The lowest BCUT2D eigenvalue weighted by Gasteiger charge is -2.20. The first-order valence-electron chi connectivity index (χ1n) is 10.5. The number of rotatable bonds is 8. The third kappa shape index (κ3) is 5.83. The first-order valence-corrected chi connectivity index (χ1v) is 10.5. The van der Waals surface area contributed by atoms with Gasteiger partial charge in [0.25, 0.3) is 5.91 Å². The van der Waals surface area contributed by atoms with E-state index < -0.39 is 5.97 Å². The van der Waals surface area contributed by atoms with E-state index in [1.54, 1.807) is 31.4 Å². The number of aryl methyl sites for hydroxylation is 2. The van der Waals surface area contributed by atoms with Gasteiger partial charge in [-0.1, -0.05) is 36.4 Å². The fraction of sp³-hybridized carbons (Fsp3) is 0.231. The lowest BCUT2D eigenvalue weighted by Crippen LogP contribution is -2.30. The first-order chi connectivity index (χ1) is 15.8. The molecule has 0 bridgehead atoms. The molecular weight excluding hydrogens is 420 g/mol.